The molecule has 0 aromatic rings. The Bertz CT molecular complexity index is 445. The quantitative estimate of drug-likeness (QED) is 0.779. The van der Waals surface area contributed by atoms with Crippen molar-refractivity contribution in [3.05, 3.63) is 12.2 Å². The van der Waals surface area contributed by atoms with Crippen LogP contribution in [-0.2, 0) is 0 Å². The van der Waals surface area contributed by atoms with Crippen molar-refractivity contribution in [1.29, 1.82) is 0 Å². The summed E-state index contributed by atoms with van der Waals surface area (Å²) < 4.78 is 0. The standard InChI is InChI=1S/C20H37NO2/c1-13(2)17-11-21(12-20(17,23)14(3)4)19(6,7)16-9-8-15(5)10-18(16)22/h14-18,22-23H,1,8-12H2,2-7H3/t15-,16-,17-,18-,20+/m1/s1. The largest absolute Gasteiger partial charge is 0.393 e. The summed E-state index contributed by atoms with van der Waals surface area (Å²) in [6.07, 6.45) is 2.94. The average Bonchev–Trinajstić information content (AvgIpc) is 2.78. The number of rotatable bonds is 4. The fraction of sp³-hybridized carbons (Fsp3) is 0.900. The lowest BCUT2D eigenvalue weighted by Gasteiger charge is -2.47. The number of hydrogen-bond donors (Lipinski definition) is 2. The van der Waals surface area contributed by atoms with Crippen LogP contribution in [0.4, 0.5) is 0 Å². The zero-order chi connectivity index (χ0) is 17.6. The molecule has 0 radical (unpaired) electrons. The number of likely N-dealkylation sites (tertiary alicyclic amines) is 1. The van der Waals surface area contributed by atoms with Crippen LogP contribution in [-0.4, -0.2) is 45.4 Å². The second kappa shape index (κ2) is 6.50. The van der Waals surface area contributed by atoms with Crippen molar-refractivity contribution >= 4 is 0 Å². The van der Waals surface area contributed by atoms with Crippen LogP contribution in [0.2, 0.25) is 0 Å². The van der Waals surface area contributed by atoms with Gasteiger partial charge in [0.1, 0.15) is 0 Å². The molecule has 1 saturated carbocycles. The highest BCUT2D eigenvalue weighted by Gasteiger charge is 2.53. The maximum absolute atomic E-state index is 11.3. The molecule has 5 atom stereocenters. The van der Waals surface area contributed by atoms with Crippen LogP contribution in [0.5, 0.6) is 0 Å². The number of aliphatic hydroxyl groups excluding tert-OH is 1. The molecule has 2 N–H and O–H groups in total. The van der Waals surface area contributed by atoms with E-state index in [4.69, 9.17) is 0 Å². The molecule has 1 heterocycles. The molecule has 2 aliphatic rings. The van der Waals surface area contributed by atoms with E-state index in [9.17, 15) is 10.2 Å². The fourth-order valence-electron chi connectivity index (χ4n) is 4.87. The minimum atomic E-state index is -0.712. The lowest BCUT2D eigenvalue weighted by Crippen LogP contribution is -2.55. The maximum Gasteiger partial charge on any atom is 0.0873 e. The predicted molar refractivity (Wildman–Crippen MR) is 96.3 cm³/mol. The molecule has 134 valence electrons. The summed E-state index contributed by atoms with van der Waals surface area (Å²) in [5.74, 6) is 1.20. The zero-order valence-electron chi connectivity index (χ0n) is 16.0. The van der Waals surface area contributed by atoms with Crippen LogP contribution in [0.15, 0.2) is 12.2 Å². The van der Waals surface area contributed by atoms with Crippen molar-refractivity contribution in [3.8, 4) is 0 Å². The number of nitrogens with zero attached hydrogens (tertiary/aromatic N) is 1. The van der Waals surface area contributed by atoms with Gasteiger partial charge in [-0.25, -0.2) is 0 Å². The van der Waals surface area contributed by atoms with Gasteiger partial charge < -0.3 is 10.2 Å². The average molecular weight is 324 g/mol. The molecule has 0 aromatic carbocycles. The Labute approximate surface area is 142 Å². The first kappa shape index (κ1) is 19.0. The first-order valence-electron chi connectivity index (χ1n) is 9.31. The Morgan fingerprint density at radius 2 is 1.91 bits per heavy atom. The number of aliphatic hydroxyl groups is 2. The summed E-state index contributed by atoms with van der Waals surface area (Å²) in [4.78, 5) is 2.41. The first-order chi connectivity index (χ1) is 10.5. The lowest BCUT2D eigenvalue weighted by atomic mass is 9.71. The Balaban J connectivity index is 2.22. The molecule has 1 aliphatic carbocycles. The van der Waals surface area contributed by atoms with Gasteiger partial charge in [0.2, 0.25) is 0 Å². The third-order valence-corrected chi connectivity index (χ3v) is 6.85. The van der Waals surface area contributed by atoms with Gasteiger partial charge in [-0.05, 0) is 45.4 Å². The van der Waals surface area contributed by atoms with Gasteiger partial charge in [-0.15, -0.1) is 0 Å². The smallest absolute Gasteiger partial charge is 0.0873 e. The van der Waals surface area contributed by atoms with E-state index in [1.165, 1.54) is 6.42 Å². The van der Waals surface area contributed by atoms with Crippen LogP contribution >= 0.6 is 0 Å². The molecule has 3 heteroatoms. The molecule has 1 aliphatic heterocycles. The molecule has 23 heavy (non-hydrogen) atoms. The number of β-amino-alcohol motifs (C(OH)–C–C–N with tert-alkyl or cyclic N) is 1. The van der Waals surface area contributed by atoms with Gasteiger partial charge in [0, 0.05) is 30.5 Å². The Morgan fingerprint density at radius 3 is 2.35 bits per heavy atom. The van der Waals surface area contributed by atoms with Gasteiger partial charge >= 0.3 is 0 Å². The lowest BCUT2D eigenvalue weighted by molar-refractivity contribution is -0.0577. The van der Waals surface area contributed by atoms with Crippen molar-refractivity contribution in [2.75, 3.05) is 13.1 Å². The van der Waals surface area contributed by atoms with E-state index in [0.29, 0.717) is 12.5 Å². The van der Waals surface area contributed by atoms with Gasteiger partial charge in [0.15, 0.2) is 0 Å². The number of hydrogen-bond acceptors (Lipinski definition) is 3. The fourth-order valence-corrected chi connectivity index (χ4v) is 4.87. The van der Waals surface area contributed by atoms with E-state index >= 15 is 0 Å². The molecule has 0 spiro atoms. The van der Waals surface area contributed by atoms with Crippen LogP contribution in [0, 0.1) is 23.7 Å². The molecule has 2 fully saturated rings. The molecule has 0 unspecified atom stereocenters. The first-order valence-corrected chi connectivity index (χ1v) is 9.31. The SMILES string of the molecule is C=C(C)[C@H]1CN(C(C)(C)[C@@H]2CC[C@@H](C)C[C@H]2O)C[C@]1(O)C(C)C. The topological polar surface area (TPSA) is 43.7 Å². The minimum Gasteiger partial charge on any atom is -0.393 e. The van der Waals surface area contributed by atoms with Crippen LogP contribution in [0.25, 0.3) is 0 Å². The molecular formula is C20H37NO2. The second-order valence-corrected chi connectivity index (χ2v) is 9.17. The van der Waals surface area contributed by atoms with Crippen molar-refractivity contribution in [2.45, 2.75) is 78.0 Å². The third kappa shape index (κ3) is 3.38. The summed E-state index contributed by atoms with van der Waals surface area (Å²) in [7, 11) is 0. The summed E-state index contributed by atoms with van der Waals surface area (Å²) in [5.41, 5.74) is 0.250. The Kier molecular flexibility index (Phi) is 5.35. The maximum atomic E-state index is 11.3. The van der Waals surface area contributed by atoms with Gasteiger partial charge in [-0.2, -0.15) is 0 Å². The molecule has 1 saturated heterocycles. The second-order valence-electron chi connectivity index (χ2n) is 9.17. The van der Waals surface area contributed by atoms with Crippen LogP contribution in [0.3, 0.4) is 0 Å². The molecule has 0 aromatic heterocycles. The summed E-state index contributed by atoms with van der Waals surface area (Å²) in [6, 6.07) is 0. The molecule has 0 bridgehead atoms. The van der Waals surface area contributed by atoms with E-state index in [1.807, 2.05) is 6.92 Å². The summed E-state index contributed by atoms with van der Waals surface area (Å²) in [6.45, 7) is 18.6. The van der Waals surface area contributed by atoms with E-state index in [-0.39, 0.29) is 29.4 Å². The minimum absolute atomic E-state index is 0.105. The Morgan fingerprint density at radius 1 is 1.30 bits per heavy atom. The highest BCUT2D eigenvalue weighted by Crippen LogP contribution is 2.45. The normalized spacial score (nSPS) is 39.9. The predicted octanol–water partition coefficient (Wildman–Crippen LogP) is 3.46. The van der Waals surface area contributed by atoms with Gasteiger partial charge in [-0.1, -0.05) is 39.3 Å². The highest BCUT2D eigenvalue weighted by molar-refractivity contribution is 5.15. The van der Waals surface area contributed by atoms with Gasteiger partial charge in [-0.3, -0.25) is 4.90 Å². The monoisotopic (exact) mass is 323 g/mol. The van der Waals surface area contributed by atoms with E-state index < -0.39 is 5.60 Å². The van der Waals surface area contributed by atoms with E-state index in [2.05, 4.69) is 46.1 Å². The summed E-state index contributed by atoms with van der Waals surface area (Å²) in [5, 5.41) is 21.9. The zero-order valence-corrected chi connectivity index (χ0v) is 16.0. The third-order valence-electron chi connectivity index (χ3n) is 6.85. The van der Waals surface area contributed by atoms with E-state index in [1.54, 1.807) is 0 Å². The van der Waals surface area contributed by atoms with Crippen molar-refractivity contribution in [3.63, 3.8) is 0 Å². The van der Waals surface area contributed by atoms with Crippen LogP contribution < -0.4 is 0 Å². The molecule has 3 nitrogen and oxygen atoms in total. The van der Waals surface area contributed by atoms with Gasteiger partial charge in [0.25, 0.3) is 0 Å². The van der Waals surface area contributed by atoms with Crippen molar-refractivity contribution in [1.82, 2.24) is 4.90 Å². The summed E-state index contributed by atoms with van der Waals surface area (Å²) >= 11 is 0. The van der Waals surface area contributed by atoms with Crippen molar-refractivity contribution < 1.29 is 10.2 Å². The van der Waals surface area contributed by atoms with E-state index in [0.717, 1.165) is 25.0 Å². The molecule has 0 amide bonds. The van der Waals surface area contributed by atoms with Crippen molar-refractivity contribution in [2.24, 2.45) is 23.7 Å². The molecule has 2 rings (SSSR count). The van der Waals surface area contributed by atoms with Crippen LogP contribution in [0.1, 0.15) is 60.8 Å². The molecular weight excluding hydrogens is 286 g/mol. The highest BCUT2D eigenvalue weighted by atomic mass is 16.3. The van der Waals surface area contributed by atoms with Gasteiger partial charge in [0.05, 0.1) is 11.7 Å². The Hall–Kier alpha value is -0.380.